The van der Waals surface area contributed by atoms with Crippen LogP contribution in [0.25, 0.3) is 0 Å². The van der Waals surface area contributed by atoms with Crippen LogP contribution in [-0.2, 0) is 6.54 Å². The first kappa shape index (κ1) is 13.9. The molecule has 2 aromatic carbocycles. The molecule has 0 radical (unpaired) electrons. The van der Waals surface area contributed by atoms with Gasteiger partial charge in [-0.25, -0.2) is 4.39 Å². The highest BCUT2D eigenvalue weighted by atomic mass is 19.1. The molecule has 3 rings (SSSR count). The van der Waals surface area contributed by atoms with Crippen molar-refractivity contribution in [1.29, 1.82) is 0 Å². The van der Waals surface area contributed by atoms with Crippen molar-refractivity contribution < 1.29 is 13.9 Å². The lowest BCUT2D eigenvalue weighted by atomic mass is 10.1. The van der Waals surface area contributed by atoms with Crippen molar-refractivity contribution in [2.24, 2.45) is 0 Å². The summed E-state index contributed by atoms with van der Waals surface area (Å²) in [5.41, 5.74) is 2.04. The molecule has 0 amide bonds. The fourth-order valence-electron chi connectivity index (χ4n) is 2.36. The van der Waals surface area contributed by atoms with Gasteiger partial charge in [0.05, 0.1) is 0 Å². The number of halogens is 1. The molecule has 0 aromatic heterocycles. The average Bonchev–Trinajstić information content (AvgIpc) is 2.50. The van der Waals surface area contributed by atoms with Gasteiger partial charge in [-0.05, 0) is 42.3 Å². The summed E-state index contributed by atoms with van der Waals surface area (Å²) in [5.74, 6) is 1.36. The summed E-state index contributed by atoms with van der Waals surface area (Å²) in [6.07, 6.45) is -0.0336. The first-order valence-corrected chi connectivity index (χ1v) is 7.06. The zero-order valence-corrected chi connectivity index (χ0v) is 11.9. The Hall–Kier alpha value is -2.07. The third-order valence-corrected chi connectivity index (χ3v) is 3.57. The average molecular weight is 287 g/mol. The zero-order chi connectivity index (χ0) is 14.7. The molecule has 1 N–H and O–H groups in total. The molecule has 0 bridgehead atoms. The summed E-state index contributed by atoms with van der Waals surface area (Å²) in [5, 5.41) is 3.30. The van der Waals surface area contributed by atoms with E-state index >= 15 is 0 Å². The van der Waals surface area contributed by atoms with Crippen LogP contribution < -0.4 is 14.8 Å². The van der Waals surface area contributed by atoms with E-state index in [0.29, 0.717) is 19.7 Å². The summed E-state index contributed by atoms with van der Waals surface area (Å²) in [4.78, 5) is 0. The SMILES string of the molecule is Cc1ccc(F)cc1CNCC1COc2ccccc2O1. The van der Waals surface area contributed by atoms with Crippen LogP contribution in [-0.4, -0.2) is 19.3 Å². The van der Waals surface area contributed by atoms with Crippen molar-refractivity contribution >= 4 is 0 Å². The van der Waals surface area contributed by atoms with Gasteiger partial charge in [-0.1, -0.05) is 18.2 Å². The van der Waals surface area contributed by atoms with Crippen LogP contribution in [0.1, 0.15) is 11.1 Å². The second-order valence-corrected chi connectivity index (χ2v) is 5.20. The van der Waals surface area contributed by atoms with Gasteiger partial charge in [-0.2, -0.15) is 0 Å². The largest absolute Gasteiger partial charge is 0.486 e. The Morgan fingerprint density at radius 2 is 2.00 bits per heavy atom. The fraction of sp³-hybridized carbons (Fsp3) is 0.294. The molecule has 0 saturated carbocycles. The Morgan fingerprint density at radius 1 is 1.19 bits per heavy atom. The molecule has 3 nitrogen and oxygen atoms in total. The maximum atomic E-state index is 13.2. The number of hydrogen-bond acceptors (Lipinski definition) is 3. The number of benzene rings is 2. The maximum absolute atomic E-state index is 13.2. The molecule has 1 heterocycles. The minimum atomic E-state index is -0.205. The number of rotatable bonds is 4. The lowest BCUT2D eigenvalue weighted by Gasteiger charge is -2.26. The lowest BCUT2D eigenvalue weighted by Crippen LogP contribution is -2.38. The molecule has 1 aliphatic rings. The van der Waals surface area contributed by atoms with Crippen LogP contribution in [0.3, 0.4) is 0 Å². The molecule has 4 heteroatoms. The van der Waals surface area contributed by atoms with Gasteiger partial charge in [0.25, 0.3) is 0 Å². The quantitative estimate of drug-likeness (QED) is 0.937. The Bertz CT molecular complexity index is 630. The highest BCUT2D eigenvalue weighted by Gasteiger charge is 2.19. The number of para-hydroxylation sites is 2. The molecule has 1 atom stereocenters. The van der Waals surface area contributed by atoms with Gasteiger partial charge >= 0.3 is 0 Å². The van der Waals surface area contributed by atoms with Crippen LogP contribution >= 0.6 is 0 Å². The van der Waals surface area contributed by atoms with Crippen LogP contribution in [0.5, 0.6) is 11.5 Å². The predicted molar refractivity (Wildman–Crippen MR) is 79.2 cm³/mol. The molecular formula is C17H18FNO2. The van der Waals surface area contributed by atoms with E-state index in [1.165, 1.54) is 6.07 Å². The third-order valence-electron chi connectivity index (χ3n) is 3.57. The first-order chi connectivity index (χ1) is 10.2. The van der Waals surface area contributed by atoms with Crippen molar-refractivity contribution in [3.05, 3.63) is 59.4 Å². The standard InChI is InChI=1S/C17H18FNO2/c1-12-6-7-14(18)8-13(12)9-19-10-15-11-20-16-4-2-3-5-17(16)21-15/h2-8,15,19H,9-11H2,1H3. The number of ether oxygens (including phenoxy) is 2. The second kappa shape index (κ2) is 6.14. The molecule has 0 aliphatic carbocycles. The van der Waals surface area contributed by atoms with E-state index in [0.717, 1.165) is 22.6 Å². The third kappa shape index (κ3) is 3.34. The zero-order valence-electron chi connectivity index (χ0n) is 11.9. The van der Waals surface area contributed by atoms with Gasteiger partial charge in [0.2, 0.25) is 0 Å². The van der Waals surface area contributed by atoms with E-state index < -0.39 is 0 Å². The molecule has 110 valence electrons. The van der Waals surface area contributed by atoms with Gasteiger partial charge in [-0.15, -0.1) is 0 Å². The van der Waals surface area contributed by atoms with E-state index in [9.17, 15) is 4.39 Å². The Morgan fingerprint density at radius 3 is 2.86 bits per heavy atom. The predicted octanol–water partition coefficient (Wildman–Crippen LogP) is 3.06. The van der Waals surface area contributed by atoms with Gasteiger partial charge < -0.3 is 14.8 Å². The lowest BCUT2D eigenvalue weighted by molar-refractivity contribution is 0.0902. The Kier molecular flexibility index (Phi) is 4.06. The summed E-state index contributed by atoms with van der Waals surface area (Å²) in [6.45, 7) is 3.77. The molecule has 21 heavy (non-hydrogen) atoms. The summed E-state index contributed by atoms with van der Waals surface area (Å²) < 4.78 is 24.7. The molecule has 0 fully saturated rings. The topological polar surface area (TPSA) is 30.5 Å². The fourth-order valence-corrected chi connectivity index (χ4v) is 2.36. The van der Waals surface area contributed by atoms with Gasteiger partial charge in [0.15, 0.2) is 11.5 Å². The van der Waals surface area contributed by atoms with Crippen molar-refractivity contribution in [1.82, 2.24) is 5.32 Å². The number of hydrogen-bond donors (Lipinski definition) is 1. The molecule has 0 spiro atoms. The summed E-state index contributed by atoms with van der Waals surface area (Å²) in [7, 11) is 0. The van der Waals surface area contributed by atoms with E-state index in [1.807, 2.05) is 31.2 Å². The van der Waals surface area contributed by atoms with Crippen molar-refractivity contribution in [2.75, 3.05) is 13.2 Å². The monoisotopic (exact) mass is 287 g/mol. The smallest absolute Gasteiger partial charge is 0.161 e. The number of fused-ring (bicyclic) bond motifs is 1. The van der Waals surface area contributed by atoms with E-state index in [4.69, 9.17) is 9.47 Å². The van der Waals surface area contributed by atoms with Gasteiger partial charge in [0, 0.05) is 13.1 Å². The van der Waals surface area contributed by atoms with Crippen molar-refractivity contribution in [3.8, 4) is 11.5 Å². The van der Waals surface area contributed by atoms with Crippen molar-refractivity contribution in [3.63, 3.8) is 0 Å². The molecule has 1 unspecified atom stereocenters. The van der Waals surface area contributed by atoms with Gasteiger partial charge in [-0.3, -0.25) is 0 Å². The minimum Gasteiger partial charge on any atom is -0.486 e. The molecule has 0 saturated heterocycles. The van der Waals surface area contributed by atoms with E-state index in [1.54, 1.807) is 12.1 Å². The molecule has 1 aliphatic heterocycles. The summed E-state index contributed by atoms with van der Waals surface area (Å²) >= 11 is 0. The van der Waals surface area contributed by atoms with Crippen LogP contribution in [0.15, 0.2) is 42.5 Å². The summed E-state index contributed by atoms with van der Waals surface area (Å²) in [6, 6.07) is 12.5. The van der Waals surface area contributed by atoms with Crippen LogP contribution in [0.2, 0.25) is 0 Å². The maximum Gasteiger partial charge on any atom is 0.161 e. The highest BCUT2D eigenvalue weighted by Crippen LogP contribution is 2.30. The molecular weight excluding hydrogens is 269 g/mol. The van der Waals surface area contributed by atoms with E-state index in [2.05, 4.69) is 5.32 Å². The first-order valence-electron chi connectivity index (χ1n) is 7.06. The van der Waals surface area contributed by atoms with Crippen LogP contribution in [0, 0.1) is 12.7 Å². The Labute approximate surface area is 123 Å². The second-order valence-electron chi connectivity index (χ2n) is 5.20. The number of nitrogens with one attached hydrogen (secondary N) is 1. The highest BCUT2D eigenvalue weighted by molar-refractivity contribution is 5.40. The van der Waals surface area contributed by atoms with E-state index in [-0.39, 0.29) is 11.9 Å². The van der Waals surface area contributed by atoms with Crippen LogP contribution in [0.4, 0.5) is 4.39 Å². The normalized spacial score (nSPS) is 16.8. The molecule has 2 aromatic rings. The Balaban J connectivity index is 1.54. The van der Waals surface area contributed by atoms with Gasteiger partial charge in [0.1, 0.15) is 18.5 Å². The van der Waals surface area contributed by atoms with Crippen molar-refractivity contribution in [2.45, 2.75) is 19.6 Å². The number of aryl methyl sites for hydroxylation is 1. The minimum absolute atomic E-state index is 0.0336.